The van der Waals surface area contributed by atoms with Crippen molar-refractivity contribution in [1.29, 1.82) is 5.26 Å². The van der Waals surface area contributed by atoms with Crippen LogP contribution in [-0.4, -0.2) is 12.2 Å². The second-order valence-corrected chi connectivity index (χ2v) is 6.64. The van der Waals surface area contributed by atoms with Gasteiger partial charge in [0, 0.05) is 18.4 Å². The van der Waals surface area contributed by atoms with Crippen LogP contribution >= 0.6 is 0 Å². The van der Waals surface area contributed by atoms with Gasteiger partial charge in [-0.2, -0.15) is 5.26 Å². The third-order valence-electron chi connectivity index (χ3n) is 5.29. The summed E-state index contributed by atoms with van der Waals surface area (Å²) in [4.78, 5) is 0. The number of ether oxygens (including phenoxy) is 1. The first kappa shape index (κ1) is 14.5. The summed E-state index contributed by atoms with van der Waals surface area (Å²) in [5, 5.41) is 9.32. The summed E-state index contributed by atoms with van der Waals surface area (Å²) in [6.45, 7) is 0.707. The lowest BCUT2D eigenvalue weighted by Crippen LogP contribution is -2.48. The van der Waals surface area contributed by atoms with Crippen LogP contribution in [0.3, 0.4) is 0 Å². The molecule has 3 rings (SSSR count). The first-order valence-electron chi connectivity index (χ1n) is 7.95. The molecule has 1 aromatic carbocycles. The predicted octanol–water partition coefficient (Wildman–Crippen LogP) is 4.49. The lowest BCUT2D eigenvalue weighted by Gasteiger charge is -2.49. The van der Waals surface area contributed by atoms with E-state index in [2.05, 4.69) is 6.07 Å². The number of hydrogen-bond donors (Lipinski definition) is 0. The molecule has 112 valence electrons. The van der Waals surface area contributed by atoms with Gasteiger partial charge < -0.3 is 4.74 Å². The topological polar surface area (TPSA) is 33.0 Å². The minimum Gasteiger partial charge on any atom is -0.375 e. The Balaban J connectivity index is 1.93. The number of hydrogen-bond acceptors (Lipinski definition) is 2. The second kappa shape index (κ2) is 5.77. The molecule has 0 amide bonds. The maximum atomic E-state index is 13.2. The van der Waals surface area contributed by atoms with Gasteiger partial charge in [0.2, 0.25) is 0 Å². The molecule has 2 aliphatic rings. The molecule has 1 saturated heterocycles. The summed E-state index contributed by atoms with van der Waals surface area (Å²) in [7, 11) is 0. The van der Waals surface area contributed by atoms with E-state index in [0.717, 1.165) is 31.2 Å². The Hall–Kier alpha value is -1.40. The Morgan fingerprint density at radius 1 is 1.10 bits per heavy atom. The third kappa shape index (κ3) is 2.82. The highest BCUT2D eigenvalue weighted by atomic mass is 19.1. The molecule has 21 heavy (non-hydrogen) atoms. The molecule has 1 unspecified atom stereocenters. The van der Waals surface area contributed by atoms with Crippen molar-refractivity contribution in [2.24, 2.45) is 0 Å². The summed E-state index contributed by atoms with van der Waals surface area (Å²) >= 11 is 0. The van der Waals surface area contributed by atoms with Crippen LogP contribution < -0.4 is 0 Å². The SMILES string of the molecule is N#CCC1(c2ccc(F)cc2)CCOC2(CCCCC2)C1. The molecule has 1 spiro atoms. The lowest BCUT2D eigenvalue weighted by molar-refractivity contribution is -0.124. The Morgan fingerprint density at radius 3 is 2.48 bits per heavy atom. The molecule has 0 bridgehead atoms. The first-order valence-corrected chi connectivity index (χ1v) is 7.95. The monoisotopic (exact) mass is 287 g/mol. The first-order chi connectivity index (χ1) is 10.2. The maximum Gasteiger partial charge on any atom is 0.123 e. The lowest BCUT2D eigenvalue weighted by atomic mass is 9.64. The van der Waals surface area contributed by atoms with Crippen molar-refractivity contribution in [2.75, 3.05) is 6.61 Å². The van der Waals surface area contributed by atoms with Gasteiger partial charge in [-0.25, -0.2) is 4.39 Å². The van der Waals surface area contributed by atoms with Crippen molar-refractivity contribution in [3.8, 4) is 6.07 Å². The van der Waals surface area contributed by atoms with Crippen LogP contribution in [0.1, 0.15) is 56.9 Å². The molecule has 2 nitrogen and oxygen atoms in total. The maximum absolute atomic E-state index is 13.2. The van der Waals surface area contributed by atoms with Gasteiger partial charge in [-0.05, 0) is 43.4 Å². The minimum absolute atomic E-state index is 0.0538. The zero-order valence-corrected chi connectivity index (χ0v) is 12.4. The largest absolute Gasteiger partial charge is 0.375 e. The quantitative estimate of drug-likeness (QED) is 0.803. The van der Waals surface area contributed by atoms with Crippen molar-refractivity contribution in [3.05, 3.63) is 35.6 Å². The van der Waals surface area contributed by atoms with Gasteiger partial charge in [0.15, 0.2) is 0 Å². The molecule has 0 radical (unpaired) electrons. The molecule has 1 aliphatic heterocycles. The molecule has 1 heterocycles. The molecular formula is C18H22FNO. The van der Waals surface area contributed by atoms with Gasteiger partial charge in [0.1, 0.15) is 5.82 Å². The van der Waals surface area contributed by atoms with Gasteiger partial charge in [0.05, 0.1) is 11.7 Å². The molecular weight excluding hydrogens is 265 g/mol. The second-order valence-electron chi connectivity index (χ2n) is 6.64. The number of nitrogens with zero attached hydrogens (tertiary/aromatic N) is 1. The van der Waals surface area contributed by atoms with Gasteiger partial charge in [-0.15, -0.1) is 0 Å². The molecule has 1 aromatic rings. The summed E-state index contributed by atoms with van der Waals surface area (Å²) in [5.74, 6) is -0.217. The predicted molar refractivity (Wildman–Crippen MR) is 79.3 cm³/mol. The summed E-state index contributed by atoms with van der Waals surface area (Å²) in [6, 6.07) is 9.10. The van der Waals surface area contributed by atoms with Crippen molar-refractivity contribution in [1.82, 2.24) is 0 Å². The molecule has 2 fully saturated rings. The fourth-order valence-corrected chi connectivity index (χ4v) is 4.19. The van der Waals surface area contributed by atoms with Crippen LogP contribution in [0, 0.1) is 17.1 Å². The van der Waals surface area contributed by atoms with E-state index < -0.39 is 0 Å². The van der Waals surface area contributed by atoms with Crippen molar-refractivity contribution in [2.45, 2.75) is 62.4 Å². The molecule has 0 aromatic heterocycles. The molecule has 1 atom stereocenters. The Labute approximate surface area is 125 Å². The van der Waals surface area contributed by atoms with E-state index in [9.17, 15) is 9.65 Å². The Bertz CT molecular complexity index is 522. The number of nitriles is 1. The highest BCUT2D eigenvalue weighted by Crippen LogP contribution is 2.49. The zero-order valence-electron chi connectivity index (χ0n) is 12.4. The van der Waals surface area contributed by atoms with Crippen LogP contribution in [0.2, 0.25) is 0 Å². The van der Waals surface area contributed by atoms with Crippen LogP contribution in [0.5, 0.6) is 0 Å². The van der Waals surface area contributed by atoms with Crippen LogP contribution in [-0.2, 0) is 10.2 Å². The van der Waals surface area contributed by atoms with E-state index in [1.54, 1.807) is 0 Å². The summed E-state index contributed by atoms with van der Waals surface area (Å²) in [5.41, 5.74) is 0.874. The van der Waals surface area contributed by atoms with E-state index in [0.29, 0.717) is 13.0 Å². The summed E-state index contributed by atoms with van der Waals surface area (Å²) < 4.78 is 19.4. The van der Waals surface area contributed by atoms with Gasteiger partial charge >= 0.3 is 0 Å². The van der Waals surface area contributed by atoms with Crippen molar-refractivity contribution < 1.29 is 9.13 Å². The normalized spacial score (nSPS) is 28.2. The van der Waals surface area contributed by atoms with Crippen LogP contribution in [0.15, 0.2) is 24.3 Å². The van der Waals surface area contributed by atoms with Gasteiger partial charge in [0.25, 0.3) is 0 Å². The van der Waals surface area contributed by atoms with Gasteiger partial charge in [-0.1, -0.05) is 31.4 Å². The smallest absolute Gasteiger partial charge is 0.123 e. The summed E-state index contributed by atoms with van der Waals surface area (Å²) in [6.07, 6.45) is 8.16. The van der Waals surface area contributed by atoms with Gasteiger partial charge in [-0.3, -0.25) is 0 Å². The minimum atomic E-state index is -0.217. The van der Waals surface area contributed by atoms with E-state index in [4.69, 9.17) is 4.74 Å². The van der Waals surface area contributed by atoms with Crippen molar-refractivity contribution in [3.63, 3.8) is 0 Å². The Kier molecular flexibility index (Phi) is 3.99. The van der Waals surface area contributed by atoms with Crippen molar-refractivity contribution >= 4 is 0 Å². The third-order valence-corrected chi connectivity index (χ3v) is 5.29. The molecule has 3 heteroatoms. The highest BCUT2D eigenvalue weighted by molar-refractivity contribution is 5.29. The molecule has 0 N–H and O–H groups in total. The Morgan fingerprint density at radius 2 is 1.81 bits per heavy atom. The van der Waals surface area contributed by atoms with E-state index in [1.165, 1.54) is 31.4 Å². The van der Waals surface area contributed by atoms with E-state index in [-0.39, 0.29) is 16.8 Å². The fraction of sp³-hybridized carbons (Fsp3) is 0.611. The highest BCUT2D eigenvalue weighted by Gasteiger charge is 2.46. The zero-order chi connectivity index (χ0) is 14.8. The number of rotatable bonds is 2. The average molecular weight is 287 g/mol. The van der Waals surface area contributed by atoms with Crippen LogP contribution in [0.4, 0.5) is 4.39 Å². The number of benzene rings is 1. The number of halogens is 1. The molecule has 1 aliphatic carbocycles. The van der Waals surface area contributed by atoms with Crippen LogP contribution in [0.25, 0.3) is 0 Å². The average Bonchev–Trinajstić information content (AvgIpc) is 2.49. The van der Waals surface area contributed by atoms with E-state index >= 15 is 0 Å². The standard InChI is InChI=1S/C18H22FNO/c19-16-6-4-15(5-7-16)17(10-12-20)11-13-21-18(14-17)8-2-1-3-9-18/h4-7H,1-3,8-11,13-14H2. The van der Waals surface area contributed by atoms with E-state index in [1.807, 2.05) is 12.1 Å². The fourth-order valence-electron chi connectivity index (χ4n) is 4.19. The molecule has 1 saturated carbocycles.